The number of carbonyl (C=O) groups is 3. The number of carboxylic acid groups (broad SMARTS) is 1. The first kappa shape index (κ1) is 18.1. The lowest BCUT2D eigenvalue weighted by Crippen LogP contribution is -2.49. The summed E-state index contributed by atoms with van der Waals surface area (Å²) in [5, 5.41) is 18.0. The largest absolute Gasteiger partial charge is 0.476 e. The lowest BCUT2D eigenvalue weighted by Gasteiger charge is -2.21. The smallest absolute Gasteiger partial charge is 0.355 e. The molecule has 0 fully saturated rings. The number of carboxylic acids is 1. The number of thiazole rings is 1. The Hall–Kier alpha value is -2.26. The van der Waals surface area contributed by atoms with Gasteiger partial charge in [0.1, 0.15) is 11.0 Å². The summed E-state index contributed by atoms with van der Waals surface area (Å²) in [5.41, 5.74) is -0.0457. The van der Waals surface area contributed by atoms with Crippen molar-refractivity contribution in [1.29, 1.82) is 0 Å². The predicted octanol–water partition coefficient (Wildman–Crippen LogP) is 1.97. The topological polar surface area (TPSA) is 108 Å². The van der Waals surface area contributed by atoms with Crippen LogP contribution in [0.25, 0.3) is 0 Å². The Kier molecular flexibility index (Phi) is 6.04. The van der Waals surface area contributed by atoms with Crippen LogP contribution in [-0.2, 0) is 11.3 Å². The number of amides is 2. The molecule has 2 aromatic rings. The van der Waals surface area contributed by atoms with Crippen LogP contribution in [-0.4, -0.2) is 33.9 Å². The van der Waals surface area contributed by atoms with E-state index in [2.05, 4.69) is 15.6 Å². The fraction of sp³-hybridized carbons (Fsp3) is 0.333. The van der Waals surface area contributed by atoms with Crippen LogP contribution in [0, 0.1) is 5.92 Å². The molecule has 2 amide bonds. The van der Waals surface area contributed by atoms with Gasteiger partial charge >= 0.3 is 5.97 Å². The standard InChI is InChI=1S/C15H17N3O4S2/c1-8(2)12(18-13(19)10-4-3-5-23-10)14(20)16-6-11-17-9(7-24-11)15(21)22/h3-5,7-8,12H,6H2,1-2H3,(H,16,20)(H,18,19)(H,21,22). The third kappa shape index (κ3) is 4.62. The molecule has 0 bridgehead atoms. The Labute approximate surface area is 146 Å². The summed E-state index contributed by atoms with van der Waals surface area (Å²) in [6.45, 7) is 3.80. The molecule has 2 rings (SSSR count). The summed E-state index contributed by atoms with van der Waals surface area (Å²) >= 11 is 2.46. The van der Waals surface area contributed by atoms with Crippen LogP contribution in [0.5, 0.6) is 0 Å². The molecule has 0 aliphatic rings. The quantitative estimate of drug-likeness (QED) is 0.693. The normalized spacial score (nSPS) is 12.0. The second-order valence-corrected chi connectivity index (χ2v) is 7.21. The molecule has 0 aliphatic carbocycles. The molecule has 24 heavy (non-hydrogen) atoms. The second kappa shape index (κ2) is 8.02. The van der Waals surface area contributed by atoms with Crippen LogP contribution < -0.4 is 10.6 Å². The van der Waals surface area contributed by atoms with E-state index >= 15 is 0 Å². The van der Waals surface area contributed by atoms with E-state index in [0.29, 0.717) is 9.88 Å². The van der Waals surface area contributed by atoms with Crippen molar-refractivity contribution in [2.24, 2.45) is 5.92 Å². The van der Waals surface area contributed by atoms with Gasteiger partial charge in [-0.3, -0.25) is 9.59 Å². The fourth-order valence-corrected chi connectivity index (χ4v) is 3.25. The number of rotatable bonds is 7. The number of thiophene rings is 1. The minimum absolute atomic E-state index is 0.0457. The van der Waals surface area contributed by atoms with Crippen molar-refractivity contribution in [3.8, 4) is 0 Å². The minimum Gasteiger partial charge on any atom is -0.476 e. The minimum atomic E-state index is -1.10. The zero-order chi connectivity index (χ0) is 17.7. The summed E-state index contributed by atoms with van der Waals surface area (Å²) < 4.78 is 0. The summed E-state index contributed by atoms with van der Waals surface area (Å²) in [7, 11) is 0. The van der Waals surface area contributed by atoms with Crippen molar-refractivity contribution in [2.75, 3.05) is 0 Å². The molecular formula is C15H17N3O4S2. The van der Waals surface area contributed by atoms with E-state index in [1.165, 1.54) is 16.7 Å². The molecule has 128 valence electrons. The molecular weight excluding hydrogens is 350 g/mol. The van der Waals surface area contributed by atoms with Crippen LogP contribution in [0.1, 0.15) is 39.0 Å². The first-order chi connectivity index (χ1) is 11.4. The van der Waals surface area contributed by atoms with Crippen molar-refractivity contribution in [3.05, 3.63) is 38.5 Å². The van der Waals surface area contributed by atoms with Gasteiger partial charge in [-0.2, -0.15) is 0 Å². The van der Waals surface area contributed by atoms with E-state index in [1.807, 2.05) is 13.8 Å². The van der Waals surface area contributed by atoms with E-state index in [1.54, 1.807) is 17.5 Å². The molecule has 0 aliphatic heterocycles. The molecule has 2 heterocycles. The van der Waals surface area contributed by atoms with Gasteiger partial charge in [-0.25, -0.2) is 9.78 Å². The molecule has 0 saturated heterocycles. The van der Waals surface area contributed by atoms with Gasteiger partial charge in [0.15, 0.2) is 5.69 Å². The first-order valence-electron chi connectivity index (χ1n) is 7.18. The van der Waals surface area contributed by atoms with Crippen molar-refractivity contribution >= 4 is 40.5 Å². The number of nitrogens with one attached hydrogen (secondary N) is 2. The van der Waals surface area contributed by atoms with Crippen molar-refractivity contribution in [3.63, 3.8) is 0 Å². The third-order valence-corrected chi connectivity index (χ3v) is 4.88. The molecule has 7 nitrogen and oxygen atoms in total. The van der Waals surface area contributed by atoms with Crippen molar-refractivity contribution in [1.82, 2.24) is 15.6 Å². The maximum Gasteiger partial charge on any atom is 0.355 e. The highest BCUT2D eigenvalue weighted by Crippen LogP contribution is 2.12. The maximum atomic E-state index is 12.3. The molecule has 9 heteroatoms. The van der Waals surface area contributed by atoms with Crippen LogP contribution in [0.4, 0.5) is 0 Å². The maximum absolute atomic E-state index is 12.3. The van der Waals surface area contributed by atoms with Gasteiger partial charge in [-0.1, -0.05) is 19.9 Å². The number of aromatic nitrogens is 1. The Morgan fingerprint density at radius 3 is 2.58 bits per heavy atom. The van der Waals surface area contributed by atoms with Crippen LogP contribution in [0.3, 0.4) is 0 Å². The van der Waals surface area contributed by atoms with Gasteiger partial charge in [-0.15, -0.1) is 22.7 Å². The van der Waals surface area contributed by atoms with Crippen molar-refractivity contribution in [2.45, 2.75) is 26.4 Å². The van der Waals surface area contributed by atoms with E-state index in [-0.39, 0.29) is 30.0 Å². The third-order valence-electron chi connectivity index (χ3n) is 3.17. The lowest BCUT2D eigenvalue weighted by atomic mass is 10.0. The number of nitrogens with zero attached hydrogens (tertiary/aromatic N) is 1. The molecule has 1 atom stereocenters. The lowest BCUT2D eigenvalue weighted by molar-refractivity contribution is -0.124. The van der Waals surface area contributed by atoms with Gasteiger partial charge in [0.2, 0.25) is 5.91 Å². The Morgan fingerprint density at radius 1 is 1.29 bits per heavy atom. The van der Waals surface area contributed by atoms with Gasteiger partial charge in [0.25, 0.3) is 5.91 Å². The van der Waals surface area contributed by atoms with Crippen LogP contribution in [0.2, 0.25) is 0 Å². The molecule has 1 unspecified atom stereocenters. The highest BCUT2D eigenvalue weighted by Gasteiger charge is 2.25. The van der Waals surface area contributed by atoms with Gasteiger partial charge < -0.3 is 15.7 Å². The summed E-state index contributed by atoms with van der Waals surface area (Å²) in [6, 6.07) is 2.78. The number of aromatic carboxylic acids is 1. The molecule has 0 spiro atoms. The van der Waals surface area contributed by atoms with E-state index < -0.39 is 12.0 Å². The molecule has 0 saturated carbocycles. The average molecular weight is 367 g/mol. The highest BCUT2D eigenvalue weighted by molar-refractivity contribution is 7.12. The molecule has 2 aromatic heterocycles. The second-order valence-electron chi connectivity index (χ2n) is 5.32. The van der Waals surface area contributed by atoms with Gasteiger partial charge in [-0.05, 0) is 17.4 Å². The average Bonchev–Trinajstić information content (AvgIpc) is 3.20. The zero-order valence-corrected chi connectivity index (χ0v) is 14.7. The zero-order valence-electron chi connectivity index (χ0n) is 13.1. The first-order valence-corrected chi connectivity index (χ1v) is 8.94. The monoisotopic (exact) mass is 367 g/mol. The highest BCUT2D eigenvalue weighted by atomic mass is 32.1. The number of carbonyl (C=O) groups excluding carboxylic acids is 2. The van der Waals surface area contributed by atoms with Gasteiger partial charge in [0, 0.05) is 5.38 Å². The van der Waals surface area contributed by atoms with E-state index in [9.17, 15) is 14.4 Å². The van der Waals surface area contributed by atoms with Crippen LogP contribution >= 0.6 is 22.7 Å². The summed E-state index contributed by atoms with van der Waals surface area (Å²) in [6.07, 6.45) is 0. The molecule has 3 N–H and O–H groups in total. The summed E-state index contributed by atoms with van der Waals surface area (Å²) in [4.78, 5) is 39.7. The summed E-state index contributed by atoms with van der Waals surface area (Å²) in [5.74, 6) is -1.82. The Morgan fingerprint density at radius 2 is 2.04 bits per heavy atom. The SMILES string of the molecule is CC(C)C(NC(=O)c1cccs1)C(=O)NCc1nc(C(=O)O)cs1. The Balaban J connectivity index is 1.95. The fourth-order valence-electron chi connectivity index (χ4n) is 1.92. The van der Waals surface area contributed by atoms with E-state index in [0.717, 1.165) is 11.3 Å². The van der Waals surface area contributed by atoms with Crippen molar-refractivity contribution < 1.29 is 19.5 Å². The predicted molar refractivity (Wildman–Crippen MR) is 91.3 cm³/mol. The van der Waals surface area contributed by atoms with Crippen LogP contribution in [0.15, 0.2) is 22.9 Å². The van der Waals surface area contributed by atoms with Gasteiger partial charge in [0.05, 0.1) is 11.4 Å². The molecule has 0 radical (unpaired) electrons. The van der Waals surface area contributed by atoms with E-state index in [4.69, 9.17) is 5.11 Å². The number of hydrogen-bond donors (Lipinski definition) is 3. The Bertz CT molecular complexity index is 725. The molecule has 0 aromatic carbocycles. The number of hydrogen-bond acceptors (Lipinski definition) is 6.